The Hall–Kier alpha value is -3.05. The topological polar surface area (TPSA) is 55.6 Å². The van der Waals surface area contributed by atoms with Gasteiger partial charge < -0.3 is 5.32 Å². The largest absolute Gasteiger partial charge is 0.304 e. The Kier molecular flexibility index (Phi) is 4.83. The molecule has 2 heterocycles. The van der Waals surface area contributed by atoms with Gasteiger partial charge in [-0.05, 0) is 69.4 Å². The van der Waals surface area contributed by atoms with Crippen LogP contribution in [0.1, 0.15) is 52.7 Å². The molecule has 0 bridgehead atoms. The summed E-state index contributed by atoms with van der Waals surface area (Å²) in [6.45, 7) is 7.09. The summed E-state index contributed by atoms with van der Waals surface area (Å²) in [6.07, 6.45) is 5.39. The molecule has 0 aliphatic heterocycles. The van der Waals surface area contributed by atoms with Crippen LogP contribution in [0.3, 0.4) is 0 Å². The fourth-order valence-corrected chi connectivity index (χ4v) is 4.45. The first kappa shape index (κ1) is 18.9. The number of aromatic nitrogens is 4. The Morgan fingerprint density at radius 2 is 1.80 bits per heavy atom. The highest BCUT2D eigenvalue weighted by atomic mass is 15.3. The lowest BCUT2D eigenvalue weighted by molar-refractivity contribution is 0.451. The lowest BCUT2D eigenvalue weighted by atomic mass is 9.92. The second-order valence-electron chi connectivity index (χ2n) is 8.25. The zero-order valence-electron chi connectivity index (χ0n) is 17.8. The second-order valence-corrected chi connectivity index (χ2v) is 8.25. The van der Waals surface area contributed by atoms with Gasteiger partial charge >= 0.3 is 0 Å². The summed E-state index contributed by atoms with van der Waals surface area (Å²) in [5.41, 5.74) is 10.3. The maximum absolute atomic E-state index is 4.84. The molecule has 1 unspecified atom stereocenters. The molecule has 0 amide bonds. The maximum atomic E-state index is 4.84. The first-order chi connectivity index (χ1) is 14.6. The highest BCUT2D eigenvalue weighted by molar-refractivity contribution is 5.74. The number of aryl methyl sites for hydroxylation is 2. The van der Waals surface area contributed by atoms with Gasteiger partial charge in [0.15, 0.2) is 0 Å². The third-order valence-electron chi connectivity index (χ3n) is 6.35. The SMILES string of the molecule is Cc1cccc(-n2ncc3c2CCCC3NCc2nc3ccccc3nc2C)c1C. The van der Waals surface area contributed by atoms with Crippen LogP contribution >= 0.6 is 0 Å². The molecule has 0 radical (unpaired) electrons. The molecular formula is C25H27N5. The molecule has 1 atom stereocenters. The number of nitrogens with one attached hydrogen (secondary N) is 1. The maximum Gasteiger partial charge on any atom is 0.0890 e. The van der Waals surface area contributed by atoms with Crippen LogP contribution in [0.15, 0.2) is 48.7 Å². The van der Waals surface area contributed by atoms with Gasteiger partial charge in [-0.2, -0.15) is 5.10 Å². The minimum Gasteiger partial charge on any atom is -0.304 e. The molecule has 1 aliphatic carbocycles. The Morgan fingerprint density at radius 1 is 1.00 bits per heavy atom. The first-order valence-corrected chi connectivity index (χ1v) is 10.7. The van der Waals surface area contributed by atoms with Gasteiger partial charge in [0.25, 0.3) is 0 Å². The monoisotopic (exact) mass is 397 g/mol. The van der Waals surface area contributed by atoms with E-state index in [1.165, 1.54) is 28.1 Å². The van der Waals surface area contributed by atoms with Gasteiger partial charge in [-0.15, -0.1) is 0 Å². The molecular weight excluding hydrogens is 370 g/mol. The van der Waals surface area contributed by atoms with Crippen molar-refractivity contribution in [2.45, 2.75) is 52.6 Å². The fourth-order valence-electron chi connectivity index (χ4n) is 4.45. The fraction of sp³-hybridized carbons (Fsp3) is 0.320. The molecule has 5 nitrogen and oxygen atoms in total. The predicted molar refractivity (Wildman–Crippen MR) is 120 cm³/mol. The highest BCUT2D eigenvalue weighted by Crippen LogP contribution is 2.32. The number of para-hydroxylation sites is 2. The number of hydrogen-bond donors (Lipinski definition) is 1. The van der Waals surface area contributed by atoms with E-state index in [9.17, 15) is 0 Å². The van der Waals surface area contributed by atoms with Crippen LogP contribution in [0, 0.1) is 20.8 Å². The standard InChI is InChI=1S/C25H27N5/c1-16-8-6-12-24(17(16)2)30-25-13-7-11-20(19(25)14-27-30)26-15-23-18(3)28-21-9-4-5-10-22(21)29-23/h4-6,8-10,12,14,20,26H,7,11,13,15H2,1-3H3. The summed E-state index contributed by atoms with van der Waals surface area (Å²) < 4.78 is 2.15. The van der Waals surface area contributed by atoms with E-state index in [-0.39, 0.29) is 0 Å². The van der Waals surface area contributed by atoms with Crippen molar-refractivity contribution in [1.82, 2.24) is 25.1 Å². The molecule has 5 rings (SSSR count). The van der Waals surface area contributed by atoms with E-state index in [2.05, 4.69) is 42.0 Å². The molecule has 2 aromatic heterocycles. The van der Waals surface area contributed by atoms with Crippen LogP contribution in [0.25, 0.3) is 16.7 Å². The second kappa shape index (κ2) is 7.65. The molecule has 1 N–H and O–H groups in total. The van der Waals surface area contributed by atoms with Gasteiger partial charge in [0.1, 0.15) is 0 Å². The van der Waals surface area contributed by atoms with Crippen molar-refractivity contribution < 1.29 is 0 Å². The van der Waals surface area contributed by atoms with Gasteiger partial charge in [-0.3, -0.25) is 0 Å². The van der Waals surface area contributed by atoms with Crippen molar-refractivity contribution in [1.29, 1.82) is 0 Å². The summed E-state index contributed by atoms with van der Waals surface area (Å²) >= 11 is 0. The third kappa shape index (κ3) is 3.29. The van der Waals surface area contributed by atoms with E-state index in [1.807, 2.05) is 37.4 Å². The summed E-state index contributed by atoms with van der Waals surface area (Å²) in [5.74, 6) is 0. The average molecular weight is 398 g/mol. The summed E-state index contributed by atoms with van der Waals surface area (Å²) in [4.78, 5) is 9.57. The quantitative estimate of drug-likeness (QED) is 0.532. The van der Waals surface area contributed by atoms with E-state index in [4.69, 9.17) is 15.1 Å². The van der Waals surface area contributed by atoms with Crippen LogP contribution in [-0.4, -0.2) is 19.7 Å². The summed E-state index contributed by atoms with van der Waals surface area (Å²) in [7, 11) is 0. The van der Waals surface area contributed by atoms with E-state index in [1.54, 1.807) is 0 Å². The normalized spacial score (nSPS) is 16.0. The third-order valence-corrected chi connectivity index (χ3v) is 6.35. The number of fused-ring (bicyclic) bond motifs is 2. The minimum absolute atomic E-state index is 0.292. The van der Waals surface area contributed by atoms with E-state index >= 15 is 0 Å². The van der Waals surface area contributed by atoms with Gasteiger partial charge in [-0.1, -0.05) is 24.3 Å². The molecule has 0 fully saturated rings. The zero-order valence-corrected chi connectivity index (χ0v) is 17.8. The van der Waals surface area contributed by atoms with Crippen LogP contribution in [0.5, 0.6) is 0 Å². The van der Waals surface area contributed by atoms with Gasteiger partial charge in [-0.25, -0.2) is 14.6 Å². The van der Waals surface area contributed by atoms with E-state index in [0.717, 1.165) is 41.7 Å². The molecule has 4 aromatic rings. The Labute approximate surface area is 177 Å². The number of hydrogen-bond acceptors (Lipinski definition) is 4. The van der Waals surface area contributed by atoms with Crippen molar-refractivity contribution in [3.8, 4) is 5.69 Å². The molecule has 0 saturated carbocycles. The van der Waals surface area contributed by atoms with Crippen LogP contribution in [0.4, 0.5) is 0 Å². The van der Waals surface area contributed by atoms with E-state index < -0.39 is 0 Å². The van der Waals surface area contributed by atoms with E-state index in [0.29, 0.717) is 12.6 Å². The molecule has 30 heavy (non-hydrogen) atoms. The zero-order chi connectivity index (χ0) is 20.7. The Morgan fingerprint density at radius 3 is 2.63 bits per heavy atom. The van der Waals surface area contributed by atoms with Crippen LogP contribution in [0.2, 0.25) is 0 Å². The van der Waals surface area contributed by atoms with Crippen molar-refractivity contribution in [3.05, 3.63) is 82.4 Å². The van der Waals surface area contributed by atoms with Gasteiger partial charge in [0.05, 0.1) is 34.3 Å². The van der Waals surface area contributed by atoms with Gasteiger partial charge in [0.2, 0.25) is 0 Å². The van der Waals surface area contributed by atoms with Crippen LogP contribution in [-0.2, 0) is 13.0 Å². The van der Waals surface area contributed by atoms with Crippen molar-refractivity contribution in [2.75, 3.05) is 0 Å². The summed E-state index contributed by atoms with van der Waals surface area (Å²) in [6, 6.07) is 14.8. The molecule has 0 spiro atoms. The summed E-state index contributed by atoms with van der Waals surface area (Å²) in [5, 5.41) is 8.52. The molecule has 2 aromatic carbocycles. The number of nitrogens with zero attached hydrogens (tertiary/aromatic N) is 4. The number of benzene rings is 2. The van der Waals surface area contributed by atoms with Crippen molar-refractivity contribution >= 4 is 11.0 Å². The van der Waals surface area contributed by atoms with Crippen LogP contribution < -0.4 is 5.32 Å². The minimum atomic E-state index is 0.292. The number of rotatable bonds is 4. The van der Waals surface area contributed by atoms with Gasteiger partial charge in [0, 0.05) is 23.8 Å². The highest BCUT2D eigenvalue weighted by Gasteiger charge is 2.25. The molecule has 0 saturated heterocycles. The van der Waals surface area contributed by atoms with Crippen molar-refractivity contribution in [2.24, 2.45) is 0 Å². The molecule has 152 valence electrons. The van der Waals surface area contributed by atoms with Crippen molar-refractivity contribution in [3.63, 3.8) is 0 Å². The predicted octanol–water partition coefficient (Wildman–Crippen LogP) is 4.91. The molecule has 1 aliphatic rings. The Bertz CT molecular complexity index is 1220. The first-order valence-electron chi connectivity index (χ1n) is 10.7. The lowest BCUT2D eigenvalue weighted by Gasteiger charge is -2.25. The Balaban J connectivity index is 1.42. The average Bonchev–Trinajstić information content (AvgIpc) is 3.19. The smallest absolute Gasteiger partial charge is 0.0890 e. The lowest BCUT2D eigenvalue weighted by Crippen LogP contribution is -2.26. The molecule has 5 heteroatoms.